The van der Waals surface area contributed by atoms with Gasteiger partial charge in [-0.15, -0.1) is 0 Å². The Morgan fingerprint density at radius 1 is 1.50 bits per heavy atom. The van der Waals surface area contributed by atoms with E-state index in [-0.39, 0.29) is 0 Å². The molecule has 0 aromatic carbocycles. The quantitative estimate of drug-likeness (QED) is 0.444. The zero-order chi connectivity index (χ0) is 5.98. The van der Waals surface area contributed by atoms with Crippen LogP contribution in [0.25, 0.3) is 0 Å². The summed E-state index contributed by atoms with van der Waals surface area (Å²) in [6, 6.07) is 0. The first-order valence-corrected chi connectivity index (χ1v) is 2.88. The lowest BCUT2D eigenvalue weighted by Gasteiger charge is -2.04. The highest BCUT2D eigenvalue weighted by Gasteiger charge is 1.96. The molecule has 1 aliphatic carbocycles. The predicted molar refractivity (Wildman–Crippen MR) is 35.1 cm³/mol. The van der Waals surface area contributed by atoms with Crippen molar-refractivity contribution < 1.29 is 0 Å². The average molecular weight is 106 g/mol. The van der Waals surface area contributed by atoms with Gasteiger partial charge in [0.1, 0.15) is 0 Å². The van der Waals surface area contributed by atoms with E-state index in [0.29, 0.717) is 0 Å². The highest BCUT2D eigenvalue weighted by molar-refractivity contribution is 5.24. The second-order valence-electron chi connectivity index (χ2n) is 2.23. The molecule has 0 amide bonds. The molecular formula is C8H10. The Labute approximate surface area is 50.9 Å². The van der Waals surface area contributed by atoms with Crippen LogP contribution in [0.15, 0.2) is 17.2 Å². The van der Waals surface area contributed by atoms with Crippen LogP contribution in [0.5, 0.6) is 0 Å². The standard InChI is InChI=1S/C8H10/c1-7-3-5-8(2)6-4-7/h3,6H,4H2,1-2H3. The molecule has 0 saturated heterocycles. The Balaban J connectivity index is 2.65. The summed E-state index contributed by atoms with van der Waals surface area (Å²) in [5, 5.41) is 0. The summed E-state index contributed by atoms with van der Waals surface area (Å²) in [6.07, 6.45) is 8.48. The maximum Gasteiger partial charge on any atom is -0.00906 e. The van der Waals surface area contributed by atoms with E-state index >= 15 is 0 Å². The molecule has 0 atom stereocenters. The Hall–Kier alpha value is -0.520. The summed E-state index contributed by atoms with van der Waals surface area (Å²) < 4.78 is 0. The minimum absolute atomic E-state index is 1.11. The zero-order valence-corrected chi connectivity index (χ0v) is 5.36. The van der Waals surface area contributed by atoms with Crippen molar-refractivity contribution in [2.75, 3.05) is 0 Å². The number of rotatable bonds is 0. The fraction of sp³-hybridized carbons (Fsp3) is 0.375. The highest BCUT2D eigenvalue weighted by Crippen LogP contribution is 2.14. The molecule has 1 rings (SSSR count). The minimum atomic E-state index is 1.11. The van der Waals surface area contributed by atoms with Gasteiger partial charge in [0.05, 0.1) is 0 Å². The molecule has 0 aromatic heterocycles. The van der Waals surface area contributed by atoms with Gasteiger partial charge in [0.2, 0.25) is 0 Å². The van der Waals surface area contributed by atoms with Gasteiger partial charge in [-0.1, -0.05) is 17.2 Å². The van der Waals surface area contributed by atoms with E-state index < -0.39 is 0 Å². The molecule has 0 N–H and O–H groups in total. The molecule has 0 spiro atoms. The van der Waals surface area contributed by atoms with Gasteiger partial charge in [0.25, 0.3) is 0 Å². The van der Waals surface area contributed by atoms with Crippen molar-refractivity contribution in [2.24, 2.45) is 0 Å². The molecule has 0 saturated carbocycles. The van der Waals surface area contributed by atoms with Crippen LogP contribution in [0.2, 0.25) is 0 Å². The van der Waals surface area contributed by atoms with Crippen molar-refractivity contribution in [2.45, 2.75) is 20.3 Å². The molecule has 0 bridgehead atoms. The topological polar surface area (TPSA) is 0 Å². The summed E-state index contributed by atoms with van der Waals surface area (Å²) in [6.45, 7) is 4.19. The van der Waals surface area contributed by atoms with E-state index in [9.17, 15) is 0 Å². The summed E-state index contributed by atoms with van der Waals surface area (Å²) in [7, 11) is 0. The minimum Gasteiger partial charge on any atom is -0.0721 e. The van der Waals surface area contributed by atoms with Crippen LogP contribution in [0.3, 0.4) is 0 Å². The van der Waals surface area contributed by atoms with Crippen LogP contribution in [0, 0.1) is 12.5 Å². The largest absolute Gasteiger partial charge is 0.0721 e. The molecule has 0 fully saturated rings. The molecule has 0 aliphatic heterocycles. The molecule has 0 heteroatoms. The molecule has 1 aliphatic rings. The SMILES string of the molecule is CC1=[C]C=C(C)C[CH]1. The van der Waals surface area contributed by atoms with Gasteiger partial charge in [0.15, 0.2) is 0 Å². The monoisotopic (exact) mass is 106 g/mol. The number of hydrogen-bond acceptors (Lipinski definition) is 0. The molecule has 42 valence electrons. The van der Waals surface area contributed by atoms with Crippen molar-refractivity contribution in [3.05, 3.63) is 29.7 Å². The van der Waals surface area contributed by atoms with Crippen molar-refractivity contribution in [1.82, 2.24) is 0 Å². The lowest BCUT2D eigenvalue weighted by molar-refractivity contribution is 1.07. The number of hydrogen-bond donors (Lipinski definition) is 0. The third-order valence-corrected chi connectivity index (χ3v) is 1.28. The molecule has 8 heavy (non-hydrogen) atoms. The highest BCUT2D eigenvalue weighted by atomic mass is 14.0. The van der Waals surface area contributed by atoms with Crippen LogP contribution >= 0.6 is 0 Å². The van der Waals surface area contributed by atoms with Crippen LogP contribution in [-0.4, -0.2) is 0 Å². The van der Waals surface area contributed by atoms with Gasteiger partial charge in [-0.2, -0.15) is 0 Å². The summed E-state index contributed by atoms with van der Waals surface area (Å²) in [5.74, 6) is 0. The maximum absolute atomic E-state index is 3.13. The lowest BCUT2D eigenvalue weighted by atomic mass is 10.0. The van der Waals surface area contributed by atoms with E-state index in [1.165, 1.54) is 11.1 Å². The third kappa shape index (κ3) is 1.22. The van der Waals surface area contributed by atoms with Crippen LogP contribution < -0.4 is 0 Å². The fourth-order valence-corrected chi connectivity index (χ4v) is 0.669. The van der Waals surface area contributed by atoms with Gasteiger partial charge in [-0.3, -0.25) is 0 Å². The Morgan fingerprint density at radius 2 is 2.25 bits per heavy atom. The van der Waals surface area contributed by atoms with Gasteiger partial charge in [-0.25, -0.2) is 0 Å². The van der Waals surface area contributed by atoms with E-state index in [4.69, 9.17) is 0 Å². The second-order valence-corrected chi connectivity index (χ2v) is 2.23. The molecule has 0 unspecified atom stereocenters. The fourth-order valence-electron chi connectivity index (χ4n) is 0.669. The molecule has 2 radical (unpaired) electrons. The van der Waals surface area contributed by atoms with E-state index in [0.717, 1.165) is 6.42 Å². The average Bonchev–Trinajstić information content (AvgIpc) is 1.77. The van der Waals surface area contributed by atoms with Crippen molar-refractivity contribution in [1.29, 1.82) is 0 Å². The smallest absolute Gasteiger partial charge is 0.00906 e. The Kier molecular flexibility index (Phi) is 1.52. The van der Waals surface area contributed by atoms with Gasteiger partial charge in [0, 0.05) is 0 Å². The van der Waals surface area contributed by atoms with Gasteiger partial charge < -0.3 is 0 Å². The van der Waals surface area contributed by atoms with Crippen molar-refractivity contribution in [3.63, 3.8) is 0 Å². The first kappa shape index (κ1) is 5.61. The normalized spacial score (nSPS) is 19.8. The Morgan fingerprint density at radius 3 is 2.62 bits per heavy atom. The molecule has 0 nitrogen and oxygen atoms in total. The van der Waals surface area contributed by atoms with Gasteiger partial charge >= 0.3 is 0 Å². The molecule has 0 heterocycles. The number of allylic oxidation sites excluding steroid dienone is 4. The van der Waals surface area contributed by atoms with Crippen LogP contribution in [0.4, 0.5) is 0 Å². The third-order valence-electron chi connectivity index (χ3n) is 1.28. The van der Waals surface area contributed by atoms with Crippen molar-refractivity contribution in [3.8, 4) is 0 Å². The maximum atomic E-state index is 3.13. The molecular weight excluding hydrogens is 96.1 g/mol. The first-order valence-electron chi connectivity index (χ1n) is 2.88. The van der Waals surface area contributed by atoms with Crippen LogP contribution in [-0.2, 0) is 0 Å². The summed E-state index contributed by atoms with van der Waals surface area (Å²) >= 11 is 0. The first-order chi connectivity index (χ1) is 3.79. The zero-order valence-electron chi connectivity index (χ0n) is 5.36. The molecule has 0 aromatic rings. The van der Waals surface area contributed by atoms with E-state index in [1.807, 2.05) is 0 Å². The predicted octanol–water partition coefficient (Wildman–Crippen LogP) is 2.29. The van der Waals surface area contributed by atoms with E-state index in [1.54, 1.807) is 0 Å². The van der Waals surface area contributed by atoms with Crippen molar-refractivity contribution >= 4 is 0 Å². The summed E-state index contributed by atoms with van der Waals surface area (Å²) in [5.41, 5.74) is 2.66. The van der Waals surface area contributed by atoms with E-state index in [2.05, 4.69) is 32.4 Å². The second kappa shape index (κ2) is 2.17. The van der Waals surface area contributed by atoms with Gasteiger partial charge in [-0.05, 0) is 32.8 Å². The van der Waals surface area contributed by atoms with Crippen LogP contribution in [0.1, 0.15) is 20.3 Å². The summed E-state index contributed by atoms with van der Waals surface area (Å²) in [4.78, 5) is 0. The Bertz CT molecular complexity index is 120. The lowest BCUT2D eigenvalue weighted by Crippen LogP contribution is -1.87.